The Morgan fingerprint density at radius 1 is 1.24 bits per heavy atom. The number of aromatic nitrogens is 2. The molecule has 5 rings (SSSR count). The van der Waals surface area contributed by atoms with Crippen molar-refractivity contribution in [1.82, 2.24) is 15.5 Å². The largest absolute Gasteiger partial charge is 0.446 e. The molecule has 0 radical (unpaired) electrons. The average Bonchev–Trinajstić information content (AvgIpc) is 3.21. The zero-order chi connectivity index (χ0) is 23.7. The Balaban J connectivity index is 1.09. The molecular formula is C25H31N5O4. The van der Waals surface area contributed by atoms with E-state index in [9.17, 15) is 14.4 Å². The van der Waals surface area contributed by atoms with E-state index in [0.717, 1.165) is 62.0 Å². The van der Waals surface area contributed by atoms with Crippen LogP contribution < -0.4 is 15.5 Å². The van der Waals surface area contributed by atoms with Crippen LogP contribution in [0.3, 0.4) is 0 Å². The molecule has 3 aliphatic rings. The summed E-state index contributed by atoms with van der Waals surface area (Å²) in [5, 5.41) is 13.0. The third-order valence-corrected chi connectivity index (χ3v) is 7.05. The average molecular weight is 466 g/mol. The first-order valence-electron chi connectivity index (χ1n) is 12.1. The van der Waals surface area contributed by atoms with Crippen LogP contribution in [-0.4, -0.2) is 46.3 Å². The molecule has 3 fully saturated rings. The Bertz CT molecular complexity index is 1080. The monoisotopic (exact) mass is 465 g/mol. The predicted octanol–water partition coefficient (Wildman–Crippen LogP) is 3.63. The minimum atomic E-state index is -0.330. The van der Waals surface area contributed by atoms with Crippen LogP contribution in [0.25, 0.3) is 0 Å². The van der Waals surface area contributed by atoms with Crippen molar-refractivity contribution in [1.29, 1.82) is 0 Å². The molecular weight excluding hydrogens is 434 g/mol. The van der Waals surface area contributed by atoms with Gasteiger partial charge in [0.1, 0.15) is 6.10 Å². The van der Waals surface area contributed by atoms with E-state index in [1.807, 2.05) is 37.3 Å². The summed E-state index contributed by atoms with van der Waals surface area (Å²) in [7, 11) is 0. The van der Waals surface area contributed by atoms with E-state index in [1.165, 1.54) is 0 Å². The smallest absolute Gasteiger partial charge is 0.407 e. The number of carbonyl (C=O) groups is 3. The van der Waals surface area contributed by atoms with E-state index < -0.39 is 0 Å². The zero-order valence-electron chi connectivity index (χ0n) is 19.4. The summed E-state index contributed by atoms with van der Waals surface area (Å²) in [5.41, 5.74) is 2.61. The van der Waals surface area contributed by atoms with Crippen LogP contribution in [0.15, 0.2) is 30.3 Å². The second-order valence-electron chi connectivity index (χ2n) is 9.97. The Morgan fingerprint density at radius 3 is 2.74 bits per heavy atom. The summed E-state index contributed by atoms with van der Waals surface area (Å²) in [5.74, 6) is 0.702. The summed E-state index contributed by atoms with van der Waals surface area (Å²) >= 11 is 0. The van der Waals surface area contributed by atoms with E-state index in [2.05, 4.69) is 20.8 Å². The van der Waals surface area contributed by atoms with E-state index in [4.69, 9.17) is 4.74 Å². The van der Waals surface area contributed by atoms with Crippen molar-refractivity contribution < 1.29 is 19.1 Å². The number of ether oxygens (including phenoxy) is 1. The standard InChI is InChI=1S/C25H31N5O4/c1-25(10-11-25)27-24(33)34-19-9-6-17(14-19)20-15-21(29-28-20)26-22(31)13-16-4-7-18(8-5-16)30-12-2-3-23(30)32/h4-5,7-8,15,17,19H,2-3,6,9-14H2,1H3,(H,27,33)(H2,26,28,29,31)/t17?,19-/m1/s1. The number of alkyl carbamates (subject to hydrolysis) is 1. The van der Waals surface area contributed by atoms with Gasteiger partial charge < -0.3 is 20.3 Å². The molecule has 9 heteroatoms. The lowest BCUT2D eigenvalue weighted by atomic mass is 10.0. The van der Waals surface area contributed by atoms with Crippen molar-refractivity contribution >= 4 is 29.4 Å². The number of carbonyl (C=O) groups excluding carboxylic acids is 3. The van der Waals surface area contributed by atoms with Gasteiger partial charge in [-0.05, 0) is 63.1 Å². The lowest BCUT2D eigenvalue weighted by Crippen LogP contribution is -2.36. The molecule has 9 nitrogen and oxygen atoms in total. The van der Waals surface area contributed by atoms with Gasteiger partial charge in [-0.1, -0.05) is 12.1 Å². The summed E-state index contributed by atoms with van der Waals surface area (Å²) in [4.78, 5) is 38.2. The highest BCUT2D eigenvalue weighted by Gasteiger charge is 2.40. The number of hydrogen-bond acceptors (Lipinski definition) is 5. The van der Waals surface area contributed by atoms with Crippen molar-refractivity contribution in [3.8, 4) is 0 Å². The van der Waals surface area contributed by atoms with Gasteiger partial charge in [-0.2, -0.15) is 5.10 Å². The van der Waals surface area contributed by atoms with Gasteiger partial charge in [0.25, 0.3) is 0 Å². The van der Waals surface area contributed by atoms with Crippen LogP contribution >= 0.6 is 0 Å². The normalized spacial score (nSPS) is 23.1. The lowest BCUT2D eigenvalue weighted by Gasteiger charge is -2.16. The minimum absolute atomic E-state index is 0.0828. The maximum atomic E-state index is 12.5. The number of amides is 3. The molecule has 2 heterocycles. The van der Waals surface area contributed by atoms with Crippen molar-refractivity contribution in [2.24, 2.45) is 0 Å². The SMILES string of the molecule is CC1(NC(=O)O[C@@H]2CCC(c3cc(NC(=O)Cc4ccc(N5CCCC5=O)cc4)n[nH]3)C2)CC1. The summed E-state index contributed by atoms with van der Waals surface area (Å²) in [6, 6.07) is 9.41. The second-order valence-corrected chi connectivity index (χ2v) is 9.97. The molecule has 2 atom stereocenters. The number of H-pyrrole nitrogens is 1. The van der Waals surface area contributed by atoms with Crippen LogP contribution in [0.4, 0.5) is 16.3 Å². The molecule has 1 aliphatic heterocycles. The van der Waals surface area contributed by atoms with Crippen molar-refractivity contribution in [2.45, 2.75) is 75.9 Å². The number of aromatic amines is 1. The zero-order valence-corrected chi connectivity index (χ0v) is 19.4. The second kappa shape index (κ2) is 9.12. The van der Waals surface area contributed by atoms with Crippen LogP contribution in [0, 0.1) is 0 Å². The molecule has 1 aromatic heterocycles. The molecule has 2 aromatic rings. The number of nitrogens with zero attached hydrogens (tertiary/aromatic N) is 2. The highest BCUT2D eigenvalue weighted by atomic mass is 16.6. The number of rotatable bonds is 7. The van der Waals surface area contributed by atoms with E-state index in [-0.39, 0.29) is 41.9 Å². The molecule has 1 saturated heterocycles. The Kier molecular flexibility index (Phi) is 6.02. The molecule has 3 N–H and O–H groups in total. The highest BCUT2D eigenvalue weighted by molar-refractivity contribution is 5.95. The summed E-state index contributed by atoms with van der Waals surface area (Å²) in [6.45, 7) is 2.78. The minimum Gasteiger partial charge on any atom is -0.446 e. The van der Waals surface area contributed by atoms with Crippen molar-refractivity contribution in [3.05, 3.63) is 41.6 Å². The quantitative estimate of drug-likeness (QED) is 0.577. The first-order valence-corrected chi connectivity index (χ1v) is 12.1. The van der Waals surface area contributed by atoms with Crippen LogP contribution in [-0.2, 0) is 20.7 Å². The summed E-state index contributed by atoms with van der Waals surface area (Å²) < 4.78 is 5.59. The Labute approximate surface area is 198 Å². The predicted molar refractivity (Wildman–Crippen MR) is 127 cm³/mol. The van der Waals surface area contributed by atoms with Crippen LogP contribution in [0.1, 0.15) is 69.0 Å². The first-order chi connectivity index (χ1) is 16.4. The van der Waals surface area contributed by atoms with Gasteiger partial charge in [-0.25, -0.2) is 4.79 Å². The molecule has 34 heavy (non-hydrogen) atoms. The number of nitrogens with one attached hydrogen (secondary N) is 3. The maximum absolute atomic E-state index is 12.5. The third kappa shape index (κ3) is 5.24. The van der Waals surface area contributed by atoms with Crippen molar-refractivity contribution in [2.75, 3.05) is 16.8 Å². The molecule has 1 unspecified atom stereocenters. The number of hydrogen-bond donors (Lipinski definition) is 3. The molecule has 1 aromatic carbocycles. The fourth-order valence-electron chi connectivity index (χ4n) is 4.77. The van der Waals surface area contributed by atoms with Crippen LogP contribution in [0.5, 0.6) is 0 Å². The Morgan fingerprint density at radius 2 is 2.03 bits per heavy atom. The van der Waals surface area contributed by atoms with Gasteiger partial charge in [0.05, 0.1) is 6.42 Å². The van der Waals surface area contributed by atoms with Gasteiger partial charge in [0.2, 0.25) is 11.8 Å². The summed E-state index contributed by atoms with van der Waals surface area (Å²) in [6.07, 6.45) is 5.74. The number of anilines is 2. The molecule has 2 saturated carbocycles. The number of benzene rings is 1. The molecule has 2 aliphatic carbocycles. The van der Waals surface area contributed by atoms with Gasteiger partial charge in [-0.3, -0.25) is 14.7 Å². The molecule has 0 bridgehead atoms. The Hall–Kier alpha value is -3.36. The van der Waals surface area contributed by atoms with E-state index in [0.29, 0.717) is 12.2 Å². The topological polar surface area (TPSA) is 116 Å². The third-order valence-electron chi connectivity index (χ3n) is 7.05. The molecule has 0 spiro atoms. The highest BCUT2D eigenvalue weighted by Crippen LogP contribution is 2.37. The van der Waals surface area contributed by atoms with E-state index >= 15 is 0 Å². The maximum Gasteiger partial charge on any atom is 0.407 e. The van der Waals surface area contributed by atoms with Crippen LogP contribution in [0.2, 0.25) is 0 Å². The van der Waals surface area contributed by atoms with Crippen molar-refractivity contribution in [3.63, 3.8) is 0 Å². The van der Waals surface area contributed by atoms with Gasteiger partial charge >= 0.3 is 6.09 Å². The van der Waals surface area contributed by atoms with E-state index in [1.54, 1.807) is 4.90 Å². The fraction of sp³-hybridized carbons (Fsp3) is 0.520. The lowest BCUT2D eigenvalue weighted by molar-refractivity contribution is -0.117. The van der Waals surface area contributed by atoms with Gasteiger partial charge in [0.15, 0.2) is 5.82 Å². The first kappa shape index (κ1) is 22.4. The van der Waals surface area contributed by atoms with Gasteiger partial charge in [-0.15, -0.1) is 0 Å². The fourth-order valence-corrected chi connectivity index (χ4v) is 4.77. The molecule has 3 amide bonds. The molecule has 180 valence electrons. The van der Waals surface area contributed by atoms with Gasteiger partial charge in [0, 0.05) is 41.9 Å².